The van der Waals surface area contributed by atoms with Gasteiger partial charge in [-0.2, -0.15) is 0 Å². The standard InChI is InChI=1S/C22H29ClO2/c1-4-17(3)15-24-21-10-6-18(7-11-21)14-19-8-12-22(13-9-19)25-16-20(23)5-2/h6-13,17,20H,4-5,14-16H2,1-3H3/t17-,20-/m1/s1. The van der Waals surface area contributed by atoms with E-state index in [9.17, 15) is 0 Å². The molecule has 136 valence electrons. The SMILES string of the molecule is CC[C@@H](C)COc1ccc(Cc2ccc(OC[C@H](Cl)CC)cc2)cc1. The molecule has 2 aromatic carbocycles. The number of ether oxygens (including phenoxy) is 2. The summed E-state index contributed by atoms with van der Waals surface area (Å²) in [4.78, 5) is 0. The van der Waals surface area contributed by atoms with E-state index in [0.717, 1.165) is 37.4 Å². The molecule has 0 radical (unpaired) electrons. The molecule has 3 heteroatoms. The lowest BCUT2D eigenvalue weighted by molar-refractivity contribution is 0.256. The molecular weight excluding hydrogens is 332 g/mol. The first-order chi connectivity index (χ1) is 12.1. The summed E-state index contributed by atoms with van der Waals surface area (Å²) >= 11 is 6.08. The highest BCUT2D eigenvalue weighted by Gasteiger charge is 2.04. The van der Waals surface area contributed by atoms with Crippen molar-refractivity contribution in [1.82, 2.24) is 0 Å². The summed E-state index contributed by atoms with van der Waals surface area (Å²) in [7, 11) is 0. The van der Waals surface area contributed by atoms with Gasteiger partial charge < -0.3 is 9.47 Å². The maximum absolute atomic E-state index is 6.08. The average molecular weight is 361 g/mol. The smallest absolute Gasteiger partial charge is 0.119 e. The number of hydrogen-bond acceptors (Lipinski definition) is 2. The van der Waals surface area contributed by atoms with Gasteiger partial charge in [-0.1, -0.05) is 51.5 Å². The molecule has 0 spiro atoms. The van der Waals surface area contributed by atoms with Gasteiger partial charge in [-0.05, 0) is 54.2 Å². The molecule has 0 heterocycles. The van der Waals surface area contributed by atoms with Gasteiger partial charge in [-0.25, -0.2) is 0 Å². The van der Waals surface area contributed by atoms with Gasteiger partial charge in [-0.3, -0.25) is 0 Å². The van der Waals surface area contributed by atoms with E-state index in [1.807, 2.05) is 12.1 Å². The first-order valence-corrected chi connectivity index (χ1v) is 9.61. The van der Waals surface area contributed by atoms with Gasteiger partial charge in [0.25, 0.3) is 0 Å². The van der Waals surface area contributed by atoms with Crippen LogP contribution >= 0.6 is 11.6 Å². The van der Waals surface area contributed by atoms with Crippen LogP contribution in [-0.4, -0.2) is 18.6 Å². The lowest BCUT2D eigenvalue weighted by atomic mass is 10.0. The number of benzene rings is 2. The van der Waals surface area contributed by atoms with Crippen molar-refractivity contribution in [3.63, 3.8) is 0 Å². The summed E-state index contributed by atoms with van der Waals surface area (Å²) in [5, 5.41) is 0.0701. The summed E-state index contributed by atoms with van der Waals surface area (Å²) < 4.78 is 11.5. The second-order valence-corrected chi connectivity index (χ2v) is 7.22. The maximum Gasteiger partial charge on any atom is 0.119 e. The number of halogens is 1. The predicted molar refractivity (Wildman–Crippen MR) is 106 cm³/mol. The van der Waals surface area contributed by atoms with Crippen molar-refractivity contribution in [2.75, 3.05) is 13.2 Å². The quantitative estimate of drug-likeness (QED) is 0.476. The molecule has 25 heavy (non-hydrogen) atoms. The summed E-state index contributed by atoms with van der Waals surface area (Å²) in [5.74, 6) is 2.41. The third-order valence-corrected chi connectivity index (χ3v) is 4.79. The topological polar surface area (TPSA) is 18.5 Å². The van der Waals surface area contributed by atoms with Gasteiger partial charge in [0, 0.05) is 0 Å². The van der Waals surface area contributed by atoms with Crippen molar-refractivity contribution in [3.8, 4) is 11.5 Å². The van der Waals surface area contributed by atoms with Crippen molar-refractivity contribution in [1.29, 1.82) is 0 Å². The van der Waals surface area contributed by atoms with E-state index in [2.05, 4.69) is 57.2 Å². The maximum atomic E-state index is 6.08. The van der Waals surface area contributed by atoms with Crippen molar-refractivity contribution < 1.29 is 9.47 Å². The Hall–Kier alpha value is -1.67. The molecule has 0 unspecified atom stereocenters. The third kappa shape index (κ3) is 6.99. The fraction of sp³-hybridized carbons (Fsp3) is 0.455. The molecule has 0 aliphatic heterocycles. The highest BCUT2D eigenvalue weighted by Crippen LogP contribution is 2.19. The van der Waals surface area contributed by atoms with E-state index < -0.39 is 0 Å². The van der Waals surface area contributed by atoms with Crippen LogP contribution in [0, 0.1) is 5.92 Å². The highest BCUT2D eigenvalue weighted by atomic mass is 35.5. The molecule has 0 amide bonds. The van der Waals surface area contributed by atoms with E-state index in [1.165, 1.54) is 11.1 Å². The molecule has 0 fully saturated rings. The van der Waals surface area contributed by atoms with Crippen LogP contribution in [0.15, 0.2) is 48.5 Å². The summed E-state index contributed by atoms with van der Waals surface area (Å²) in [6.07, 6.45) is 2.96. The Morgan fingerprint density at radius 2 is 1.24 bits per heavy atom. The van der Waals surface area contributed by atoms with Crippen LogP contribution in [-0.2, 0) is 6.42 Å². The largest absolute Gasteiger partial charge is 0.493 e. The fourth-order valence-electron chi connectivity index (χ4n) is 2.30. The van der Waals surface area contributed by atoms with E-state index in [0.29, 0.717) is 12.5 Å². The minimum Gasteiger partial charge on any atom is -0.493 e. The van der Waals surface area contributed by atoms with Crippen molar-refractivity contribution in [3.05, 3.63) is 59.7 Å². The summed E-state index contributed by atoms with van der Waals surface area (Å²) in [5.41, 5.74) is 2.54. The van der Waals surface area contributed by atoms with E-state index in [-0.39, 0.29) is 5.38 Å². The summed E-state index contributed by atoms with van der Waals surface area (Å²) in [6, 6.07) is 16.6. The first kappa shape index (κ1) is 19.7. The van der Waals surface area contributed by atoms with Crippen LogP contribution in [0.5, 0.6) is 11.5 Å². The monoisotopic (exact) mass is 360 g/mol. The molecule has 0 saturated carbocycles. The minimum atomic E-state index is 0.0701. The fourth-order valence-corrected chi connectivity index (χ4v) is 2.37. The van der Waals surface area contributed by atoms with Gasteiger partial charge in [0.1, 0.15) is 18.1 Å². The molecule has 2 nitrogen and oxygen atoms in total. The molecule has 0 saturated heterocycles. The van der Waals surface area contributed by atoms with Crippen molar-refractivity contribution >= 4 is 11.6 Å². The molecule has 2 aromatic rings. The first-order valence-electron chi connectivity index (χ1n) is 9.18. The second kappa shape index (κ2) is 10.4. The molecule has 2 rings (SSSR count). The van der Waals surface area contributed by atoms with Crippen LogP contribution in [0.4, 0.5) is 0 Å². The van der Waals surface area contributed by atoms with E-state index in [1.54, 1.807) is 0 Å². The lowest BCUT2D eigenvalue weighted by Crippen LogP contribution is -2.10. The zero-order valence-electron chi connectivity index (χ0n) is 15.5. The Balaban J connectivity index is 1.85. The zero-order valence-corrected chi connectivity index (χ0v) is 16.3. The van der Waals surface area contributed by atoms with Gasteiger partial charge >= 0.3 is 0 Å². The highest BCUT2D eigenvalue weighted by molar-refractivity contribution is 6.20. The zero-order chi connectivity index (χ0) is 18.1. The minimum absolute atomic E-state index is 0.0701. The molecule has 0 bridgehead atoms. The Morgan fingerprint density at radius 3 is 1.68 bits per heavy atom. The van der Waals surface area contributed by atoms with E-state index >= 15 is 0 Å². The number of alkyl halides is 1. The van der Waals surface area contributed by atoms with Crippen molar-refractivity contribution in [2.24, 2.45) is 5.92 Å². The molecular formula is C22H29ClO2. The summed E-state index contributed by atoms with van der Waals surface area (Å²) in [6.45, 7) is 7.78. The number of hydrogen-bond donors (Lipinski definition) is 0. The van der Waals surface area contributed by atoms with Crippen molar-refractivity contribution in [2.45, 2.75) is 45.4 Å². The van der Waals surface area contributed by atoms with Crippen LogP contribution in [0.2, 0.25) is 0 Å². The Labute approximate surface area is 157 Å². The Kier molecular flexibility index (Phi) is 8.14. The van der Waals surface area contributed by atoms with Gasteiger partial charge in [0.2, 0.25) is 0 Å². The van der Waals surface area contributed by atoms with Gasteiger partial charge in [0.05, 0.1) is 12.0 Å². The van der Waals surface area contributed by atoms with Crippen LogP contribution in [0.3, 0.4) is 0 Å². The lowest BCUT2D eigenvalue weighted by Gasteiger charge is -2.12. The molecule has 0 N–H and O–H groups in total. The number of rotatable bonds is 10. The Morgan fingerprint density at radius 1 is 0.760 bits per heavy atom. The van der Waals surface area contributed by atoms with Gasteiger partial charge in [0.15, 0.2) is 0 Å². The third-order valence-electron chi connectivity index (χ3n) is 4.36. The predicted octanol–water partition coefficient (Wildman–Crippen LogP) is 6.10. The molecule has 0 aromatic heterocycles. The Bertz CT molecular complexity index is 551. The van der Waals surface area contributed by atoms with Crippen LogP contribution in [0.25, 0.3) is 0 Å². The molecule has 0 aliphatic rings. The molecule has 2 atom stereocenters. The van der Waals surface area contributed by atoms with Crippen LogP contribution in [0.1, 0.15) is 44.7 Å². The second-order valence-electron chi connectivity index (χ2n) is 6.61. The van der Waals surface area contributed by atoms with Gasteiger partial charge in [-0.15, -0.1) is 11.6 Å². The van der Waals surface area contributed by atoms with Crippen LogP contribution < -0.4 is 9.47 Å². The average Bonchev–Trinajstić information content (AvgIpc) is 2.66. The molecule has 0 aliphatic carbocycles. The normalized spacial score (nSPS) is 13.3. The van der Waals surface area contributed by atoms with E-state index in [4.69, 9.17) is 21.1 Å².